The van der Waals surface area contributed by atoms with Gasteiger partial charge in [-0.05, 0) is 56.4 Å². The minimum Gasteiger partial charge on any atom is -0.494 e. The van der Waals surface area contributed by atoms with Gasteiger partial charge in [0.05, 0.1) is 12.4 Å². The maximum absolute atomic E-state index is 12.7. The number of sulfonamides is 1. The van der Waals surface area contributed by atoms with Gasteiger partial charge in [-0.1, -0.05) is 18.2 Å². The Morgan fingerprint density at radius 2 is 1.56 bits per heavy atom. The van der Waals surface area contributed by atoms with Crippen LogP contribution in [0.2, 0.25) is 0 Å². The Bertz CT molecular complexity index is 911. The van der Waals surface area contributed by atoms with Gasteiger partial charge in [-0.3, -0.25) is 4.98 Å². The largest absolute Gasteiger partial charge is 0.494 e. The van der Waals surface area contributed by atoms with Gasteiger partial charge >= 0.3 is 0 Å². The first kappa shape index (κ1) is 23.0. The Balaban J connectivity index is 1.15. The molecule has 0 radical (unpaired) electrons. The van der Waals surface area contributed by atoms with Crippen molar-refractivity contribution in [1.29, 1.82) is 0 Å². The summed E-state index contributed by atoms with van der Waals surface area (Å²) in [5.41, 5.74) is 0. The van der Waals surface area contributed by atoms with Gasteiger partial charge in [-0.15, -0.1) is 0 Å². The predicted molar refractivity (Wildman–Crippen MR) is 124 cm³/mol. The summed E-state index contributed by atoms with van der Waals surface area (Å²) in [4.78, 5) is 6.54. The number of likely N-dealkylation sites (tertiary alicyclic amines) is 1. The van der Waals surface area contributed by atoms with Crippen LogP contribution in [-0.4, -0.2) is 73.3 Å². The van der Waals surface area contributed by atoms with E-state index in [1.165, 1.54) is 0 Å². The number of aromatic nitrogens is 1. The molecule has 7 nitrogen and oxygen atoms in total. The van der Waals surface area contributed by atoms with E-state index in [4.69, 9.17) is 9.47 Å². The summed E-state index contributed by atoms with van der Waals surface area (Å²) < 4.78 is 38.8. The zero-order chi connectivity index (χ0) is 22.2. The second-order valence-corrected chi connectivity index (χ2v) is 10.6. The average Bonchev–Trinajstić information content (AvgIpc) is 2.84. The minimum absolute atomic E-state index is 0.141. The highest BCUT2D eigenvalue weighted by Crippen LogP contribution is 2.25. The lowest BCUT2D eigenvalue weighted by molar-refractivity contribution is 0.0585. The van der Waals surface area contributed by atoms with E-state index in [1.54, 1.807) is 16.7 Å². The molecular formula is C24H33N3O4S. The molecule has 8 heteroatoms. The first-order chi connectivity index (χ1) is 15.6. The van der Waals surface area contributed by atoms with Crippen molar-refractivity contribution in [3.63, 3.8) is 0 Å². The Labute approximate surface area is 191 Å². The van der Waals surface area contributed by atoms with Gasteiger partial charge in [-0.25, -0.2) is 12.7 Å². The standard InChI is InChI=1S/C24H33N3O4S/c28-32(29,20-4-19-30-22-5-2-1-3-6-22)27-17-9-21(10-18-27)26-15-11-24(12-16-26)31-23-7-13-25-14-8-23/h1-3,5-8,13-14,21,24H,4,9-12,15-20H2. The van der Waals surface area contributed by atoms with Gasteiger partial charge < -0.3 is 14.4 Å². The van der Waals surface area contributed by atoms with Crippen LogP contribution in [0, 0.1) is 0 Å². The Morgan fingerprint density at radius 1 is 0.875 bits per heavy atom. The molecule has 0 N–H and O–H groups in total. The van der Waals surface area contributed by atoms with Crippen molar-refractivity contribution < 1.29 is 17.9 Å². The van der Waals surface area contributed by atoms with Crippen LogP contribution in [0.1, 0.15) is 32.1 Å². The average molecular weight is 460 g/mol. The van der Waals surface area contributed by atoms with E-state index >= 15 is 0 Å². The quantitative estimate of drug-likeness (QED) is 0.537. The molecule has 2 saturated heterocycles. The fourth-order valence-electron chi connectivity index (χ4n) is 4.53. The van der Waals surface area contributed by atoms with Crippen molar-refractivity contribution in [2.75, 3.05) is 38.5 Å². The highest BCUT2D eigenvalue weighted by atomic mass is 32.2. The smallest absolute Gasteiger partial charge is 0.214 e. The van der Waals surface area contributed by atoms with Crippen molar-refractivity contribution in [1.82, 2.24) is 14.2 Å². The maximum atomic E-state index is 12.7. The molecule has 1 aromatic heterocycles. The zero-order valence-corrected chi connectivity index (χ0v) is 19.3. The van der Waals surface area contributed by atoms with Crippen molar-refractivity contribution in [2.45, 2.75) is 44.2 Å². The fourth-order valence-corrected chi connectivity index (χ4v) is 6.04. The van der Waals surface area contributed by atoms with Gasteiger partial charge in [0.1, 0.15) is 17.6 Å². The normalized spacial score (nSPS) is 19.6. The minimum atomic E-state index is -3.23. The van der Waals surface area contributed by atoms with E-state index in [0.717, 1.165) is 50.3 Å². The molecule has 4 rings (SSSR count). The van der Waals surface area contributed by atoms with Crippen LogP contribution in [0.5, 0.6) is 11.5 Å². The molecule has 32 heavy (non-hydrogen) atoms. The van der Waals surface area contributed by atoms with E-state index in [0.29, 0.717) is 32.2 Å². The summed E-state index contributed by atoms with van der Waals surface area (Å²) in [7, 11) is -3.23. The van der Waals surface area contributed by atoms with Gasteiger partial charge in [0, 0.05) is 44.6 Å². The zero-order valence-electron chi connectivity index (χ0n) is 18.5. The Hall–Kier alpha value is -2.16. The summed E-state index contributed by atoms with van der Waals surface area (Å²) in [5.74, 6) is 1.80. The number of pyridine rings is 1. The molecule has 0 atom stereocenters. The molecule has 0 unspecified atom stereocenters. The summed E-state index contributed by atoms with van der Waals surface area (Å²) >= 11 is 0. The number of hydrogen-bond donors (Lipinski definition) is 0. The first-order valence-electron chi connectivity index (χ1n) is 11.6. The first-order valence-corrected chi connectivity index (χ1v) is 13.2. The van der Waals surface area contributed by atoms with E-state index in [-0.39, 0.29) is 11.9 Å². The van der Waals surface area contributed by atoms with Crippen LogP contribution in [0.4, 0.5) is 0 Å². The number of nitrogens with zero attached hydrogens (tertiary/aromatic N) is 3. The molecule has 0 spiro atoms. The van der Waals surface area contributed by atoms with E-state index in [9.17, 15) is 8.42 Å². The highest BCUT2D eigenvalue weighted by Gasteiger charge is 2.32. The van der Waals surface area contributed by atoms with Gasteiger partial charge in [0.15, 0.2) is 0 Å². The number of piperidine rings is 2. The number of ether oxygens (including phenoxy) is 2. The molecule has 0 aliphatic carbocycles. The van der Waals surface area contributed by atoms with Crippen molar-refractivity contribution >= 4 is 10.0 Å². The molecule has 1 aromatic carbocycles. The number of benzene rings is 1. The van der Waals surface area contributed by atoms with Crippen LogP contribution in [-0.2, 0) is 10.0 Å². The predicted octanol–water partition coefficient (Wildman–Crippen LogP) is 3.19. The SMILES string of the molecule is O=S(=O)(CCCOc1ccccc1)N1CCC(N2CCC(Oc3ccncc3)CC2)CC1. The summed E-state index contributed by atoms with van der Waals surface area (Å²) in [6.07, 6.45) is 8.05. The Morgan fingerprint density at radius 3 is 2.25 bits per heavy atom. The number of para-hydroxylation sites is 1. The summed E-state index contributed by atoms with van der Waals surface area (Å²) in [5, 5.41) is 0. The lowest BCUT2D eigenvalue weighted by atomic mass is 10.00. The van der Waals surface area contributed by atoms with Crippen molar-refractivity contribution in [3.8, 4) is 11.5 Å². The van der Waals surface area contributed by atoms with Crippen LogP contribution in [0.15, 0.2) is 54.9 Å². The molecule has 0 bridgehead atoms. The lowest BCUT2D eigenvalue weighted by Gasteiger charge is -2.41. The molecular weight excluding hydrogens is 426 g/mol. The molecule has 3 heterocycles. The van der Waals surface area contributed by atoms with E-state index < -0.39 is 10.0 Å². The third-order valence-corrected chi connectivity index (χ3v) is 8.28. The number of hydrogen-bond acceptors (Lipinski definition) is 6. The molecule has 2 aliphatic rings. The van der Waals surface area contributed by atoms with Gasteiger partial charge in [0.25, 0.3) is 0 Å². The van der Waals surface area contributed by atoms with E-state index in [1.807, 2.05) is 42.5 Å². The van der Waals surface area contributed by atoms with Gasteiger partial charge in [-0.2, -0.15) is 0 Å². The topological polar surface area (TPSA) is 72.0 Å². The van der Waals surface area contributed by atoms with Crippen LogP contribution in [0.25, 0.3) is 0 Å². The van der Waals surface area contributed by atoms with Crippen LogP contribution < -0.4 is 9.47 Å². The van der Waals surface area contributed by atoms with Crippen molar-refractivity contribution in [3.05, 3.63) is 54.9 Å². The fraction of sp³-hybridized carbons (Fsp3) is 0.542. The molecule has 2 fully saturated rings. The monoisotopic (exact) mass is 459 g/mol. The maximum Gasteiger partial charge on any atom is 0.214 e. The summed E-state index contributed by atoms with van der Waals surface area (Å²) in [6, 6.07) is 13.8. The third-order valence-electron chi connectivity index (χ3n) is 6.32. The lowest BCUT2D eigenvalue weighted by Crippen LogP contribution is -2.50. The number of rotatable bonds is 9. The third kappa shape index (κ3) is 6.43. The van der Waals surface area contributed by atoms with Gasteiger partial charge in [0.2, 0.25) is 10.0 Å². The van der Waals surface area contributed by atoms with Crippen molar-refractivity contribution in [2.24, 2.45) is 0 Å². The highest BCUT2D eigenvalue weighted by molar-refractivity contribution is 7.89. The molecule has 2 aliphatic heterocycles. The second-order valence-electron chi connectivity index (χ2n) is 8.50. The molecule has 0 saturated carbocycles. The van der Waals surface area contributed by atoms with E-state index in [2.05, 4.69) is 9.88 Å². The summed E-state index contributed by atoms with van der Waals surface area (Å²) in [6.45, 7) is 3.64. The van der Waals surface area contributed by atoms with Crippen LogP contribution >= 0.6 is 0 Å². The Kier molecular flexibility index (Phi) is 8.00. The second kappa shape index (κ2) is 11.1. The molecule has 0 amide bonds. The van der Waals surface area contributed by atoms with Crippen LogP contribution in [0.3, 0.4) is 0 Å². The molecule has 2 aromatic rings. The molecule has 174 valence electrons.